The lowest BCUT2D eigenvalue weighted by molar-refractivity contribution is 0.0984. The van der Waals surface area contributed by atoms with Crippen molar-refractivity contribution in [1.29, 1.82) is 0 Å². The molecule has 2 aliphatic rings. The fraction of sp³-hybridized carbons (Fsp3) is 0.385. The average Bonchev–Trinajstić information content (AvgIpc) is 3.58. The maximum absolute atomic E-state index is 13.7. The summed E-state index contributed by atoms with van der Waals surface area (Å²) in [6.07, 6.45) is 4.89. The zero-order valence-electron chi connectivity index (χ0n) is 18.5. The third-order valence-electron chi connectivity index (χ3n) is 6.57. The van der Waals surface area contributed by atoms with E-state index in [4.69, 9.17) is 9.47 Å². The SMILES string of the molecule is C.C.COCc1cc2c(cc1C(=O)N1CCc3cc(Br)cnc31)[nH]c(=O)c1cnc(C3CCOC3)n12. The van der Waals surface area contributed by atoms with Crippen LogP contribution in [0.2, 0.25) is 0 Å². The Morgan fingerprint density at radius 1 is 1.22 bits per heavy atom. The largest absolute Gasteiger partial charge is 0.381 e. The van der Waals surface area contributed by atoms with Crippen molar-refractivity contribution in [3.05, 3.63) is 67.9 Å². The van der Waals surface area contributed by atoms with Crippen LogP contribution in [0.15, 0.2) is 39.9 Å². The maximum Gasteiger partial charge on any atom is 0.274 e. The molecule has 190 valence electrons. The molecule has 1 amide bonds. The van der Waals surface area contributed by atoms with Gasteiger partial charge in [-0.2, -0.15) is 0 Å². The van der Waals surface area contributed by atoms with Crippen LogP contribution in [-0.4, -0.2) is 52.1 Å². The van der Waals surface area contributed by atoms with E-state index < -0.39 is 0 Å². The van der Waals surface area contributed by atoms with Crippen LogP contribution in [0.4, 0.5) is 5.82 Å². The van der Waals surface area contributed by atoms with Crippen LogP contribution in [0, 0.1) is 0 Å². The minimum Gasteiger partial charge on any atom is -0.381 e. The Bertz CT molecular complexity index is 1510. The van der Waals surface area contributed by atoms with Crippen LogP contribution >= 0.6 is 15.9 Å². The van der Waals surface area contributed by atoms with Crippen molar-refractivity contribution < 1.29 is 14.3 Å². The van der Waals surface area contributed by atoms with E-state index in [1.165, 1.54) is 0 Å². The molecule has 0 bridgehead atoms. The van der Waals surface area contributed by atoms with Gasteiger partial charge in [0.1, 0.15) is 17.2 Å². The van der Waals surface area contributed by atoms with Crippen molar-refractivity contribution in [3.8, 4) is 0 Å². The molecule has 1 N–H and O–H groups in total. The quantitative estimate of drug-likeness (QED) is 0.399. The van der Waals surface area contributed by atoms with Crippen molar-refractivity contribution in [3.63, 3.8) is 0 Å². The summed E-state index contributed by atoms with van der Waals surface area (Å²) in [4.78, 5) is 40.2. The predicted molar refractivity (Wildman–Crippen MR) is 143 cm³/mol. The first kappa shape index (κ1) is 26.0. The van der Waals surface area contributed by atoms with E-state index in [0.717, 1.165) is 39.8 Å². The zero-order valence-corrected chi connectivity index (χ0v) is 20.1. The van der Waals surface area contributed by atoms with Crippen LogP contribution < -0.4 is 10.5 Å². The number of nitrogens with zero attached hydrogens (tertiary/aromatic N) is 4. The van der Waals surface area contributed by atoms with E-state index in [1.807, 2.05) is 16.5 Å². The molecule has 1 saturated heterocycles. The van der Waals surface area contributed by atoms with Gasteiger partial charge in [0.15, 0.2) is 0 Å². The maximum atomic E-state index is 13.7. The van der Waals surface area contributed by atoms with Gasteiger partial charge in [-0.1, -0.05) is 14.9 Å². The Morgan fingerprint density at radius 2 is 2.06 bits per heavy atom. The van der Waals surface area contributed by atoms with Crippen molar-refractivity contribution in [2.45, 2.75) is 40.2 Å². The van der Waals surface area contributed by atoms with Gasteiger partial charge in [0.25, 0.3) is 11.5 Å². The third kappa shape index (κ3) is 4.12. The van der Waals surface area contributed by atoms with E-state index in [0.29, 0.717) is 42.2 Å². The molecule has 6 rings (SSSR count). The number of hydrogen-bond acceptors (Lipinski definition) is 6. The number of aromatic nitrogens is 4. The van der Waals surface area contributed by atoms with Gasteiger partial charge in [0, 0.05) is 42.4 Å². The lowest BCUT2D eigenvalue weighted by atomic mass is 10.0. The number of imidazole rings is 1. The van der Waals surface area contributed by atoms with Crippen LogP contribution in [-0.2, 0) is 22.5 Å². The van der Waals surface area contributed by atoms with Gasteiger partial charge < -0.3 is 14.5 Å². The Labute approximate surface area is 217 Å². The van der Waals surface area contributed by atoms with E-state index in [1.54, 1.807) is 30.5 Å². The molecular formula is C26H30BrN5O4. The molecule has 2 aliphatic heterocycles. The Morgan fingerprint density at radius 3 is 2.81 bits per heavy atom. The standard InChI is InChI=1S/C24H22BrN5O4.2CH4/c1-33-11-15-7-19-18(28-23(31)20-10-27-22(30(19)20)14-3-5-34-12-14)8-17(15)24(32)29-4-2-13-6-16(25)9-26-21(13)29;;/h6-10,14H,2-5,11-12H2,1H3,(H,28,31);2*1H4. The molecule has 0 aliphatic carbocycles. The van der Waals surface area contributed by atoms with Gasteiger partial charge in [-0.15, -0.1) is 0 Å². The summed E-state index contributed by atoms with van der Waals surface area (Å²) in [5.74, 6) is 1.41. The van der Waals surface area contributed by atoms with Crippen LogP contribution in [0.3, 0.4) is 0 Å². The number of carbonyl (C=O) groups excluding carboxylic acids is 1. The first-order valence-corrected chi connectivity index (χ1v) is 11.9. The Kier molecular flexibility index (Phi) is 7.31. The number of hydrogen-bond donors (Lipinski definition) is 1. The fourth-order valence-corrected chi connectivity index (χ4v) is 5.34. The molecule has 10 heteroatoms. The predicted octanol–water partition coefficient (Wildman–Crippen LogP) is 4.46. The summed E-state index contributed by atoms with van der Waals surface area (Å²) in [7, 11) is 1.60. The van der Waals surface area contributed by atoms with Gasteiger partial charge in [-0.05, 0) is 58.1 Å². The Hall–Kier alpha value is -3.08. The summed E-state index contributed by atoms with van der Waals surface area (Å²) in [5, 5.41) is 0. The molecule has 9 nitrogen and oxygen atoms in total. The second-order valence-electron chi connectivity index (χ2n) is 8.65. The molecule has 1 atom stereocenters. The van der Waals surface area contributed by atoms with Crippen molar-refractivity contribution in [2.75, 3.05) is 31.8 Å². The van der Waals surface area contributed by atoms with E-state index in [2.05, 4.69) is 30.9 Å². The van der Waals surface area contributed by atoms with Gasteiger partial charge in [-0.3, -0.25) is 18.9 Å². The number of carbonyl (C=O) groups is 1. The molecule has 36 heavy (non-hydrogen) atoms. The fourth-order valence-electron chi connectivity index (χ4n) is 4.96. The number of benzene rings is 1. The lowest BCUT2D eigenvalue weighted by Gasteiger charge is -2.19. The van der Waals surface area contributed by atoms with Crippen molar-refractivity contribution in [1.82, 2.24) is 19.4 Å². The Balaban J connectivity index is 0.00000152. The summed E-state index contributed by atoms with van der Waals surface area (Å²) < 4.78 is 13.8. The minimum absolute atomic E-state index is 0. The molecular weight excluding hydrogens is 526 g/mol. The molecule has 5 heterocycles. The van der Waals surface area contributed by atoms with E-state index in [9.17, 15) is 9.59 Å². The minimum atomic E-state index is -0.249. The van der Waals surface area contributed by atoms with Crippen LogP contribution in [0.1, 0.15) is 54.5 Å². The topological polar surface area (TPSA) is 102 Å². The number of halogens is 1. The molecule has 4 aromatic rings. The smallest absolute Gasteiger partial charge is 0.274 e. The summed E-state index contributed by atoms with van der Waals surface area (Å²) in [6.45, 7) is 2.05. The normalized spacial score (nSPS) is 16.7. The first-order valence-electron chi connectivity index (χ1n) is 11.1. The van der Waals surface area contributed by atoms with Gasteiger partial charge in [0.2, 0.25) is 0 Å². The second kappa shape index (κ2) is 10.1. The number of pyridine rings is 1. The third-order valence-corrected chi connectivity index (χ3v) is 7.01. The molecule has 1 aromatic carbocycles. The number of H-pyrrole nitrogens is 1. The number of nitrogens with one attached hydrogen (secondary N) is 1. The molecule has 0 spiro atoms. The number of ether oxygens (including phenoxy) is 2. The van der Waals surface area contributed by atoms with Gasteiger partial charge in [-0.25, -0.2) is 9.97 Å². The lowest BCUT2D eigenvalue weighted by Crippen LogP contribution is -2.30. The monoisotopic (exact) mass is 555 g/mol. The number of methoxy groups -OCH3 is 1. The first-order chi connectivity index (χ1) is 16.5. The molecule has 3 aromatic heterocycles. The van der Waals surface area contributed by atoms with Crippen LogP contribution in [0.5, 0.6) is 0 Å². The highest BCUT2D eigenvalue weighted by molar-refractivity contribution is 9.10. The average molecular weight is 556 g/mol. The summed E-state index contributed by atoms with van der Waals surface area (Å²) in [5.41, 5.74) is 3.81. The van der Waals surface area contributed by atoms with Gasteiger partial charge in [0.05, 0.1) is 30.4 Å². The van der Waals surface area contributed by atoms with Crippen molar-refractivity contribution in [2.24, 2.45) is 0 Å². The van der Waals surface area contributed by atoms with E-state index >= 15 is 0 Å². The number of anilines is 1. The summed E-state index contributed by atoms with van der Waals surface area (Å²) >= 11 is 3.45. The number of rotatable bonds is 4. The highest BCUT2D eigenvalue weighted by atomic mass is 79.9. The summed E-state index contributed by atoms with van der Waals surface area (Å²) in [6, 6.07) is 5.66. The van der Waals surface area contributed by atoms with Crippen molar-refractivity contribution >= 4 is 44.2 Å². The second-order valence-corrected chi connectivity index (χ2v) is 9.57. The van der Waals surface area contributed by atoms with E-state index in [-0.39, 0.29) is 38.8 Å². The number of amides is 1. The number of aromatic amines is 1. The highest BCUT2D eigenvalue weighted by Crippen LogP contribution is 2.32. The molecule has 1 fully saturated rings. The molecule has 0 radical (unpaired) electrons. The molecule has 1 unspecified atom stereocenters. The number of fused-ring (bicyclic) bond motifs is 4. The van der Waals surface area contributed by atoms with Gasteiger partial charge >= 0.3 is 0 Å². The van der Waals surface area contributed by atoms with Crippen LogP contribution in [0.25, 0.3) is 16.6 Å². The highest BCUT2D eigenvalue weighted by Gasteiger charge is 2.30. The molecule has 0 saturated carbocycles. The zero-order chi connectivity index (χ0) is 23.4.